The van der Waals surface area contributed by atoms with Crippen molar-refractivity contribution in [3.8, 4) is 0 Å². The second-order valence-corrected chi connectivity index (χ2v) is 6.19. The molecule has 108 valence electrons. The summed E-state index contributed by atoms with van der Waals surface area (Å²) < 4.78 is 0. The molecule has 0 aromatic rings. The molecule has 1 heterocycles. The SMILES string of the molecule is CCC(C)N1C(=O)CC(NCC2CCCC2C)C1=O. The Morgan fingerprint density at radius 1 is 1.37 bits per heavy atom. The van der Waals surface area contributed by atoms with Gasteiger partial charge in [-0.1, -0.05) is 26.7 Å². The van der Waals surface area contributed by atoms with Crippen molar-refractivity contribution in [1.29, 1.82) is 0 Å². The molecule has 2 rings (SSSR count). The maximum Gasteiger partial charge on any atom is 0.247 e. The molecule has 4 atom stereocenters. The van der Waals surface area contributed by atoms with Crippen LogP contribution in [0.5, 0.6) is 0 Å². The summed E-state index contributed by atoms with van der Waals surface area (Å²) in [7, 11) is 0. The van der Waals surface area contributed by atoms with E-state index in [-0.39, 0.29) is 23.9 Å². The number of carbonyl (C=O) groups is 2. The van der Waals surface area contributed by atoms with Gasteiger partial charge in [-0.2, -0.15) is 0 Å². The number of nitrogens with zero attached hydrogens (tertiary/aromatic N) is 1. The monoisotopic (exact) mass is 266 g/mol. The van der Waals surface area contributed by atoms with Gasteiger partial charge in [0.2, 0.25) is 11.8 Å². The van der Waals surface area contributed by atoms with Gasteiger partial charge in [0.1, 0.15) is 0 Å². The molecule has 19 heavy (non-hydrogen) atoms. The van der Waals surface area contributed by atoms with Crippen LogP contribution in [0, 0.1) is 11.8 Å². The highest BCUT2D eigenvalue weighted by Crippen LogP contribution is 2.30. The Morgan fingerprint density at radius 2 is 2.11 bits per heavy atom. The Kier molecular flexibility index (Phi) is 4.61. The second kappa shape index (κ2) is 6.04. The lowest BCUT2D eigenvalue weighted by atomic mass is 9.98. The lowest BCUT2D eigenvalue weighted by Crippen LogP contribution is -2.43. The number of likely N-dealkylation sites (tertiary alicyclic amines) is 1. The summed E-state index contributed by atoms with van der Waals surface area (Å²) in [5.74, 6) is 1.37. The largest absolute Gasteiger partial charge is 0.305 e. The number of hydrogen-bond donors (Lipinski definition) is 1. The van der Waals surface area contributed by atoms with Gasteiger partial charge in [0, 0.05) is 6.04 Å². The molecule has 0 bridgehead atoms. The molecule has 1 saturated carbocycles. The number of hydrogen-bond acceptors (Lipinski definition) is 3. The highest BCUT2D eigenvalue weighted by Gasteiger charge is 2.40. The first kappa shape index (κ1) is 14.5. The van der Waals surface area contributed by atoms with E-state index in [9.17, 15) is 9.59 Å². The molecule has 1 N–H and O–H groups in total. The molecular formula is C15H26N2O2. The Morgan fingerprint density at radius 3 is 2.68 bits per heavy atom. The molecule has 1 saturated heterocycles. The van der Waals surface area contributed by atoms with Gasteiger partial charge < -0.3 is 5.32 Å². The Balaban J connectivity index is 1.88. The number of nitrogens with one attached hydrogen (secondary N) is 1. The third kappa shape index (κ3) is 2.99. The average Bonchev–Trinajstić information content (AvgIpc) is 2.90. The quantitative estimate of drug-likeness (QED) is 0.774. The Hall–Kier alpha value is -0.900. The van der Waals surface area contributed by atoms with E-state index in [2.05, 4.69) is 12.2 Å². The lowest BCUT2D eigenvalue weighted by molar-refractivity contribution is -0.141. The van der Waals surface area contributed by atoms with Gasteiger partial charge >= 0.3 is 0 Å². The summed E-state index contributed by atoms with van der Waals surface area (Å²) in [6.45, 7) is 7.11. The molecule has 2 fully saturated rings. The minimum Gasteiger partial charge on any atom is -0.305 e. The van der Waals surface area contributed by atoms with Crippen molar-refractivity contribution >= 4 is 11.8 Å². The average molecular weight is 266 g/mol. The van der Waals surface area contributed by atoms with E-state index < -0.39 is 0 Å². The molecule has 4 nitrogen and oxygen atoms in total. The number of imide groups is 1. The van der Waals surface area contributed by atoms with Crippen LogP contribution in [-0.4, -0.2) is 35.3 Å². The van der Waals surface area contributed by atoms with Gasteiger partial charge in [-0.15, -0.1) is 0 Å². The van der Waals surface area contributed by atoms with Crippen LogP contribution in [0.4, 0.5) is 0 Å². The molecule has 2 aliphatic rings. The number of rotatable bonds is 5. The van der Waals surface area contributed by atoms with E-state index >= 15 is 0 Å². The molecule has 1 aliphatic heterocycles. The molecule has 0 aromatic heterocycles. The lowest BCUT2D eigenvalue weighted by Gasteiger charge is -2.22. The highest BCUT2D eigenvalue weighted by atomic mass is 16.2. The van der Waals surface area contributed by atoms with E-state index in [1.165, 1.54) is 24.2 Å². The van der Waals surface area contributed by atoms with Crippen molar-refractivity contribution in [3.05, 3.63) is 0 Å². The van der Waals surface area contributed by atoms with Crippen molar-refractivity contribution in [2.24, 2.45) is 11.8 Å². The van der Waals surface area contributed by atoms with Crippen molar-refractivity contribution in [2.45, 2.75) is 65.0 Å². The molecule has 0 spiro atoms. The second-order valence-electron chi connectivity index (χ2n) is 6.19. The maximum absolute atomic E-state index is 12.2. The van der Waals surface area contributed by atoms with Gasteiger partial charge in [0.15, 0.2) is 0 Å². The molecule has 4 unspecified atom stereocenters. The van der Waals surface area contributed by atoms with Gasteiger partial charge in [-0.05, 0) is 38.1 Å². The van der Waals surface area contributed by atoms with Crippen molar-refractivity contribution < 1.29 is 9.59 Å². The summed E-state index contributed by atoms with van der Waals surface area (Å²) in [4.78, 5) is 25.6. The van der Waals surface area contributed by atoms with Gasteiger partial charge in [0.25, 0.3) is 0 Å². The highest BCUT2D eigenvalue weighted by molar-refractivity contribution is 6.05. The van der Waals surface area contributed by atoms with E-state index in [1.807, 2.05) is 13.8 Å². The van der Waals surface area contributed by atoms with Crippen LogP contribution in [0.2, 0.25) is 0 Å². The zero-order chi connectivity index (χ0) is 14.0. The summed E-state index contributed by atoms with van der Waals surface area (Å²) in [6.07, 6.45) is 5.00. The van der Waals surface area contributed by atoms with Gasteiger partial charge in [-0.3, -0.25) is 14.5 Å². The summed E-state index contributed by atoms with van der Waals surface area (Å²) in [5, 5.41) is 3.33. The first-order chi connectivity index (χ1) is 9.04. The van der Waals surface area contributed by atoms with E-state index in [0.717, 1.165) is 18.9 Å². The summed E-state index contributed by atoms with van der Waals surface area (Å²) in [6, 6.07) is -0.258. The van der Waals surface area contributed by atoms with E-state index in [0.29, 0.717) is 12.3 Å². The molecular weight excluding hydrogens is 240 g/mol. The van der Waals surface area contributed by atoms with Crippen LogP contribution in [0.25, 0.3) is 0 Å². The fourth-order valence-corrected chi connectivity index (χ4v) is 3.28. The number of carbonyl (C=O) groups excluding carboxylic acids is 2. The van der Waals surface area contributed by atoms with Crippen LogP contribution in [0.1, 0.15) is 52.9 Å². The van der Waals surface area contributed by atoms with E-state index in [4.69, 9.17) is 0 Å². The fraction of sp³-hybridized carbons (Fsp3) is 0.867. The van der Waals surface area contributed by atoms with Crippen molar-refractivity contribution in [2.75, 3.05) is 6.54 Å². The van der Waals surface area contributed by atoms with E-state index in [1.54, 1.807) is 0 Å². The predicted octanol–water partition coefficient (Wildman–Crippen LogP) is 1.94. The van der Waals surface area contributed by atoms with Crippen LogP contribution >= 0.6 is 0 Å². The molecule has 0 aromatic carbocycles. The fourth-order valence-electron chi connectivity index (χ4n) is 3.28. The zero-order valence-electron chi connectivity index (χ0n) is 12.3. The first-order valence-corrected chi connectivity index (χ1v) is 7.63. The third-order valence-electron chi connectivity index (χ3n) is 4.88. The van der Waals surface area contributed by atoms with Crippen molar-refractivity contribution in [1.82, 2.24) is 10.2 Å². The zero-order valence-corrected chi connectivity index (χ0v) is 12.3. The van der Waals surface area contributed by atoms with Crippen LogP contribution in [0.3, 0.4) is 0 Å². The Bertz CT molecular complexity index is 356. The molecule has 2 amide bonds. The van der Waals surface area contributed by atoms with Crippen molar-refractivity contribution in [3.63, 3.8) is 0 Å². The summed E-state index contributed by atoms with van der Waals surface area (Å²) in [5.41, 5.74) is 0. The minimum atomic E-state index is -0.283. The maximum atomic E-state index is 12.2. The first-order valence-electron chi connectivity index (χ1n) is 7.63. The Labute approximate surface area is 115 Å². The topological polar surface area (TPSA) is 49.4 Å². The normalized spacial score (nSPS) is 33.2. The van der Waals surface area contributed by atoms with Crippen LogP contribution in [0.15, 0.2) is 0 Å². The standard InChI is InChI=1S/C15H26N2O2/c1-4-11(3)17-14(18)8-13(15(17)19)16-9-12-7-5-6-10(12)2/h10-13,16H,4-9H2,1-3H3. The van der Waals surface area contributed by atoms with Crippen LogP contribution in [-0.2, 0) is 9.59 Å². The van der Waals surface area contributed by atoms with Gasteiger partial charge in [0.05, 0.1) is 12.5 Å². The third-order valence-corrected chi connectivity index (χ3v) is 4.88. The van der Waals surface area contributed by atoms with Crippen LogP contribution < -0.4 is 5.32 Å². The smallest absolute Gasteiger partial charge is 0.247 e. The predicted molar refractivity (Wildman–Crippen MR) is 74.5 cm³/mol. The molecule has 1 aliphatic carbocycles. The number of amides is 2. The van der Waals surface area contributed by atoms with Gasteiger partial charge in [-0.25, -0.2) is 0 Å². The molecule has 0 radical (unpaired) electrons. The summed E-state index contributed by atoms with van der Waals surface area (Å²) >= 11 is 0. The molecule has 4 heteroatoms. The minimum absolute atomic E-state index is 0.0173.